The number of carbonyl (C=O) groups is 2. The van der Waals surface area contributed by atoms with Crippen molar-refractivity contribution in [2.24, 2.45) is 0 Å². The number of benzene rings is 1. The van der Waals surface area contributed by atoms with Gasteiger partial charge in [-0.2, -0.15) is 0 Å². The fourth-order valence-corrected chi connectivity index (χ4v) is 1.84. The minimum atomic E-state index is -0.843. The summed E-state index contributed by atoms with van der Waals surface area (Å²) in [6.07, 6.45) is -0.843. The van der Waals surface area contributed by atoms with Crippen molar-refractivity contribution < 1.29 is 14.3 Å². The van der Waals surface area contributed by atoms with E-state index in [0.717, 1.165) is 11.4 Å². The number of hydrogen-bond donors (Lipinski definition) is 1. The van der Waals surface area contributed by atoms with Crippen LogP contribution in [0.2, 0.25) is 0 Å². The second kappa shape index (κ2) is 5.87. The van der Waals surface area contributed by atoms with Crippen LogP contribution in [-0.4, -0.2) is 35.0 Å². The lowest BCUT2D eigenvalue weighted by molar-refractivity contribution is -0.128. The maximum absolute atomic E-state index is 12.0. The molecule has 1 aromatic carbocycles. The van der Waals surface area contributed by atoms with E-state index in [0.29, 0.717) is 16.6 Å². The molecule has 0 bridgehead atoms. The SMILES string of the molecule is CNC(=O)[C@@H](C)OC(=O)c1ccc2nc(C)c(C)nc2c1. The number of aryl methyl sites for hydroxylation is 2. The molecule has 0 aliphatic carbocycles. The largest absolute Gasteiger partial charge is 0.449 e. The number of nitrogens with one attached hydrogen (secondary N) is 1. The van der Waals surface area contributed by atoms with Gasteiger partial charge in [-0.15, -0.1) is 0 Å². The fraction of sp³-hybridized carbons (Fsp3) is 0.333. The number of amides is 1. The third kappa shape index (κ3) is 3.16. The lowest BCUT2D eigenvalue weighted by Gasteiger charge is -2.12. The van der Waals surface area contributed by atoms with Crippen molar-refractivity contribution in [3.8, 4) is 0 Å². The number of rotatable bonds is 3. The molecule has 21 heavy (non-hydrogen) atoms. The van der Waals surface area contributed by atoms with Crippen molar-refractivity contribution in [1.82, 2.24) is 15.3 Å². The summed E-state index contributed by atoms with van der Waals surface area (Å²) >= 11 is 0. The number of nitrogens with zero attached hydrogens (tertiary/aromatic N) is 2. The van der Waals surface area contributed by atoms with Crippen LogP contribution in [-0.2, 0) is 9.53 Å². The molecule has 1 amide bonds. The summed E-state index contributed by atoms with van der Waals surface area (Å²) in [5.41, 5.74) is 3.35. The molecule has 1 atom stereocenters. The minimum absolute atomic E-state index is 0.343. The lowest BCUT2D eigenvalue weighted by Crippen LogP contribution is -2.33. The zero-order valence-electron chi connectivity index (χ0n) is 12.4. The van der Waals surface area contributed by atoms with Gasteiger partial charge < -0.3 is 10.1 Å². The van der Waals surface area contributed by atoms with E-state index in [9.17, 15) is 9.59 Å². The van der Waals surface area contributed by atoms with E-state index in [4.69, 9.17) is 4.74 Å². The van der Waals surface area contributed by atoms with Gasteiger partial charge in [0.15, 0.2) is 6.10 Å². The number of hydrogen-bond acceptors (Lipinski definition) is 5. The number of fused-ring (bicyclic) bond motifs is 1. The van der Waals surface area contributed by atoms with E-state index >= 15 is 0 Å². The molecule has 0 saturated carbocycles. The molecule has 2 rings (SSSR count). The zero-order chi connectivity index (χ0) is 15.6. The number of esters is 1. The van der Waals surface area contributed by atoms with Gasteiger partial charge in [-0.25, -0.2) is 14.8 Å². The van der Waals surface area contributed by atoms with Crippen LogP contribution in [0.25, 0.3) is 11.0 Å². The van der Waals surface area contributed by atoms with Gasteiger partial charge in [-0.1, -0.05) is 0 Å². The van der Waals surface area contributed by atoms with E-state index in [2.05, 4.69) is 15.3 Å². The van der Waals surface area contributed by atoms with Crippen molar-refractivity contribution in [3.05, 3.63) is 35.2 Å². The van der Waals surface area contributed by atoms with Gasteiger partial charge in [0.25, 0.3) is 5.91 Å². The summed E-state index contributed by atoms with van der Waals surface area (Å²) in [5, 5.41) is 2.43. The Kier molecular flexibility index (Phi) is 4.16. The van der Waals surface area contributed by atoms with E-state index in [1.54, 1.807) is 18.2 Å². The first-order valence-electron chi connectivity index (χ1n) is 6.60. The average Bonchev–Trinajstić information content (AvgIpc) is 2.46. The average molecular weight is 287 g/mol. The second-order valence-corrected chi connectivity index (χ2v) is 4.76. The first kappa shape index (κ1) is 14.9. The number of carbonyl (C=O) groups excluding carboxylic acids is 2. The first-order valence-corrected chi connectivity index (χ1v) is 6.60. The van der Waals surface area contributed by atoms with Gasteiger partial charge in [-0.3, -0.25) is 4.79 Å². The Morgan fingerprint density at radius 1 is 1.14 bits per heavy atom. The van der Waals surface area contributed by atoms with E-state index in [1.807, 2.05) is 13.8 Å². The highest BCUT2D eigenvalue weighted by Crippen LogP contribution is 2.15. The van der Waals surface area contributed by atoms with Gasteiger partial charge in [-0.05, 0) is 39.0 Å². The molecule has 6 nitrogen and oxygen atoms in total. The molecule has 2 aromatic rings. The molecule has 0 saturated heterocycles. The third-order valence-corrected chi connectivity index (χ3v) is 3.21. The molecule has 0 aliphatic rings. The quantitative estimate of drug-likeness (QED) is 0.866. The minimum Gasteiger partial charge on any atom is -0.449 e. The maximum atomic E-state index is 12.0. The summed E-state index contributed by atoms with van der Waals surface area (Å²) < 4.78 is 5.09. The molecule has 0 fully saturated rings. The highest BCUT2D eigenvalue weighted by atomic mass is 16.5. The molecule has 1 aromatic heterocycles. The Bertz CT molecular complexity index is 713. The van der Waals surface area contributed by atoms with Crippen LogP contribution in [0.15, 0.2) is 18.2 Å². The molecule has 0 spiro atoms. The van der Waals surface area contributed by atoms with Crippen LogP contribution in [0, 0.1) is 13.8 Å². The van der Waals surface area contributed by atoms with Gasteiger partial charge in [0, 0.05) is 7.05 Å². The van der Waals surface area contributed by atoms with Crippen molar-refractivity contribution in [1.29, 1.82) is 0 Å². The van der Waals surface area contributed by atoms with E-state index < -0.39 is 12.1 Å². The normalized spacial score (nSPS) is 12.0. The Morgan fingerprint density at radius 3 is 2.38 bits per heavy atom. The Hall–Kier alpha value is -2.50. The zero-order valence-corrected chi connectivity index (χ0v) is 12.4. The lowest BCUT2D eigenvalue weighted by atomic mass is 10.2. The molecule has 0 unspecified atom stereocenters. The molecule has 110 valence electrons. The topological polar surface area (TPSA) is 81.2 Å². The fourth-order valence-electron chi connectivity index (χ4n) is 1.84. The molecular weight excluding hydrogens is 270 g/mol. The van der Waals surface area contributed by atoms with E-state index in [-0.39, 0.29) is 5.91 Å². The summed E-state index contributed by atoms with van der Waals surface area (Å²) in [7, 11) is 1.49. The number of likely N-dealkylation sites (N-methyl/N-ethyl adjacent to an activating group) is 1. The number of ether oxygens (including phenoxy) is 1. The molecule has 6 heteroatoms. The van der Waals surface area contributed by atoms with Crippen LogP contribution >= 0.6 is 0 Å². The first-order chi connectivity index (χ1) is 9.92. The summed E-state index contributed by atoms with van der Waals surface area (Å²) in [4.78, 5) is 32.2. The Balaban J connectivity index is 2.28. The molecule has 1 heterocycles. The van der Waals surface area contributed by atoms with Crippen LogP contribution in [0.3, 0.4) is 0 Å². The summed E-state index contributed by atoms with van der Waals surface area (Å²) in [6, 6.07) is 4.95. The summed E-state index contributed by atoms with van der Waals surface area (Å²) in [5.74, 6) is -0.913. The van der Waals surface area contributed by atoms with Crippen LogP contribution in [0.1, 0.15) is 28.7 Å². The van der Waals surface area contributed by atoms with Crippen molar-refractivity contribution in [2.75, 3.05) is 7.05 Å². The monoisotopic (exact) mass is 287 g/mol. The smallest absolute Gasteiger partial charge is 0.338 e. The van der Waals surface area contributed by atoms with Crippen molar-refractivity contribution in [3.63, 3.8) is 0 Å². The van der Waals surface area contributed by atoms with Crippen LogP contribution < -0.4 is 5.32 Å². The standard InChI is InChI=1S/C15H17N3O3/c1-8-9(2)18-13-7-11(5-6-12(13)17-8)15(20)21-10(3)14(19)16-4/h5-7,10H,1-4H3,(H,16,19)/t10-/m1/s1. The van der Waals surface area contributed by atoms with Gasteiger partial charge in [0.05, 0.1) is 28.0 Å². The number of aromatic nitrogens is 2. The van der Waals surface area contributed by atoms with Gasteiger partial charge >= 0.3 is 5.97 Å². The molecule has 0 aliphatic heterocycles. The third-order valence-electron chi connectivity index (χ3n) is 3.21. The van der Waals surface area contributed by atoms with Crippen molar-refractivity contribution >= 4 is 22.9 Å². The predicted octanol–water partition coefficient (Wildman–Crippen LogP) is 1.54. The van der Waals surface area contributed by atoms with Crippen molar-refractivity contribution in [2.45, 2.75) is 26.9 Å². The highest BCUT2D eigenvalue weighted by Gasteiger charge is 2.18. The second-order valence-electron chi connectivity index (χ2n) is 4.76. The van der Waals surface area contributed by atoms with Gasteiger partial charge in [0.1, 0.15) is 0 Å². The maximum Gasteiger partial charge on any atom is 0.338 e. The summed E-state index contributed by atoms with van der Waals surface area (Å²) in [6.45, 7) is 5.26. The highest BCUT2D eigenvalue weighted by molar-refractivity contribution is 5.95. The molecular formula is C15H17N3O3. The van der Waals surface area contributed by atoms with Gasteiger partial charge in [0.2, 0.25) is 0 Å². The Labute approximate surface area is 122 Å². The molecule has 1 N–H and O–H groups in total. The molecule has 0 radical (unpaired) electrons. The Morgan fingerprint density at radius 2 is 1.76 bits per heavy atom. The predicted molar refractivity (Wildman–Crippen MR) is 78.0 cm³/mol. The van der Waals surface area contributed by atoms with Crippen LogP contribution in [0.5, 0.6) is 0 Å². The van der Waals surface area contributed by atoms with Crippen LogP contribution in [0.4, 0.5) is 0 Å². The van der Waals surface area contributed by atoms with E-state index in [1.165, 1.54) is 14.0 Å².